The molecular weight excluding hydrogens is 334 g/mol. The van der Waals surface area contributed by atoms with Crippen molar-refractivity contribution in [3.05, 3.63) is 36.7 Å². The van der Waals surface area contributed by atoms with Crippen molar-refractivity contribution in [3.8, 4) is 11.6 Å². The van der Waals surface area contributed by atoms with E-state index in [2.05, 4.69) is 20.6 Å². The maximum absolute atomic E-state index is 12.4. The zero-order valence-electron chi connectivity index (χ0n) is 14.9. The van der Waals surface area contributed by atoms with Gasteiger partial charge < -0.3 is 25.0 Å². The first-order chi connectivity index (χ1) is 12.7. The summed E-state index contributed by atoms with van der Waals surface area (Å²) in [6.07, 6.45) is 3.16. The van der Waals surface area contributed by atoms with Crippen LogP contribution in [0.3, 0.4) is 0 Å². The first-order valence-corrected chi connectivity index (χ1v) is 8.50. The highest BCUT2D eigenvalue weighted by Crippen LogP contribution is 2.20. The number of amides is 2. The minimum absolute atomic E-state index is 0.0968. The molecule has 0 aliphatic carbocycles. The molecule has 1 saturated heterocycles. The second kappa shape index (κ2) is 8.37. The van der Waals surface area contributed by atoms with E-state index in [1.807, 2.05) is 23.1 Å². The predicted octanol–water partition coefficient (Wildman–Crippen LogP) is 2.60. The van der Waals surface area contributed by atoms with Gasteiger partial charge in [-0.2, -0.15) is 0 Å². The van der Waals surface area contributed by atoms with Crippen molar-refractivity contribution in [2.24, 2.45) is 0 Å². The monoisotopic (exact) mass is 357 g/mol. The minimum atomic E-state index is -0.0968. The quantitative estimate of drug-likeness (QED) is 0.855. The topological polar surface area (TPSA) is 88.6 Å². The number of nitrogens with one attached hydrogen (secondary N) is 2. The highest BCUT2D eigenvalue weighted by molar-refractivity contribution is 5.89. The van der Waals surface area contributed by atoms with Crippen LogP contribution in [0.2, 0.25) is 0 Å². The third-order valence-corrected chi connectivity index (χ3v) is 4.31. The van der Waals surface area contributed by atoms with Crippen LogP contribution in [0.4, 0.5) is 16.3 Å². The molecule has 2 amide bonds. The number of piperidine rings is 1. The third-order valence-electron chi connectivity index (χ3n) is 4.31. The molecule has 8 heteroatoms. The molecule has 2 aromatic rings. The molecule has 138 valence electrons. The van der Waals surface area contributed by atoms with Gasteiger partial charge in [-0.3, -0.25) is 0 Å². The van der Waals surface area contributed by atoms with Crippen LogP contribution >= 0.6 is 0 Å². The second-order valence-corrected chi connectivity index (χ2v) is 6.01. The van der Waals surface area contributed by atoms with Gasteiger partial charge in [0.05, 0.1) is 14.2 Å². The fourth-order valence-corrected chi connectivity index (χ4v) is 2.87. The van der Waals surface area contributed by atoms with E-state index in [0.29, 0.717) is 24.7 Å². The molecule has 0 radical (unpaired) electrons. The lowest BCUT2D eigenvalue weighted by molar-refractivity contribution is 0.197. The molecule has 3 rings (SSSR count). The maximum Gasteiger partial charge on any atom is 0.321 e. The highest BCUT2D eigenvalue weighted by atomic mass is 16.5. The zero-order valence-corrected chi connectivity index (χ0v) is 14.9. The average molecular weight is 357 g/mol. The summed E-state index contributed by atoms with van der Waals surface area (Å²) in [5.41, 5.74) is 0.725. The molecule has 0 unspecified atom stereocenters. The van der Waals surface area contributed by atoms with Crippen molar-refractivity contribution in [1.82, 2.24) is 14.9 Å². The van der Waals surface area contributed by atoms with Crippen LogP contribution in [0, 0.1) is 0 Å². The molecule has 2 heterocycles. The van der Waals surface area contributed by atoms with Crippen molar-refractivity contribution >= 4 is 17.5 Å². The summed E-state index contributed by atoms with van der Waals surface area (Å²) in [5, 5.41) is 6.29. The molecule has 1 fully saturated rings. The van der Waals surface area contributed by atoms with Gasteiger partial charge >= 0.3 is 6.03 Å². The number of carbonyl (C=O) groups is 1. The van der Waals surface area contributed by atoms with Crippen LogP contribution in [0.15, 0.2) is 36.7 Å². The number of hydrogen-bond donors (Lipinski definition) is 2. The summed E-state index contributed by atoms with van der Waals surface area (Å²) >= 11 is 0. The van der Waals surface area contributed by atoms with E-state index in [-0.39, 0.29) is 12.1 Å². The smallest absolute Gasteiger partial charge is 0.321 e. The van der Waals surface area contributed by atoms with Crippen LogP contribution in [0.5, 0.6) is 11.6 Å². The van der Waals surface area contributed by atoms with E-state index >= 15 is 0 Å². The number of carbonyl (C=O) groups excluding carboxylic acids is 1. The minimum Gasteiger partial charge on any atom is -0.497 e. The van der Waals surface area contributed by atoms with Gasteiger partial charge in [0.1, 0.15) is 17.9 Å². The molecule has 26 heavy (non-hydrogen) atoms. The average Bonchev–Trinajstić information content (AvgIpc) is 2.69. The van der Waals surface area contributed by atoms with E-state index < -0.39 is 0 Å². The van der Waals surface area contributed by atoms with E-state index in [0.717, 1.165) is 24.3 Å². The molecule has 1 aromatic heterocycles. The van der Waals surface area contributed by atoms with Gasteiger partial charge in [0.2, 0.25) is 5.88 Å². The Bertz CT molecular complexity index is 747. The predicted molar refractivity (Wildman–Crippen MR) is 98.8 cm³/mol. The van der Waals surface area contributed by atoms with Crippen molar-refractivity contribution < 1.29 is 14.3 Å². The largest absolute Gasteiger partial charge is 0.497 e. The highest BCUT2D eigenvalue weighted by Gasteiger charge is 2.23. The Labute approximate surface area is 152 Å². The van der Waals surface area contributed by atoms with Gasteiger partial charge in [0, 0.05) is 37.0 Å². The number of nitrogens with zero attached hydrogens (tertiary/aromatic N) is 3. The van der Waals surface area contributed by atoms with Gasteiger partial charge in [-0.05, 0) is 25.0 Å². The fourth-order valence-electron chi connectivity index (χ4n) is 2.87. The maximum atomic E-state index is 12.4. The van der Waals surface area contributed by atoms with Crippen LogP contribution in [-0.2, 0) is 0 Å². The van der Waals surface area contributed by atoms with Gasteiger partial charge in [0.15, 0.2) is 0 Å². The summed E-state index contributed by atoms with van der Waals surface area (Å²) in [5.74, 6) is 1.97. The number of benzene rings is 1. The first kappa shape index (κ1) is 17.8. The number of ether oxygens (including phenoxy) is 2. The van der Waals surface area contributed by atoms with Gasteiger partial charge in [0.25, 0.3) is 0 Å². The van der Waals surface area contributed by atoms with E-state index in [1.165, 1.54) is 6.33 Å². The number of rotatable bonds is 5. The van der Waals surface area contributed by atoms with Crippen molar-refractivity contribution in [2.75, 3.05) is 37.9 Å². The molecule has 0 spiro atoms. The zero-order chi connectivity index (χ0) is 18.4. The molecule has 8 nitrogen and oxygen atoms in total. The molecule has 1 aliphatic rings. The van der Waals surface area contributed by atoms with E-state index in [9.17, 15) is 4.79 Å². The number of anilines is 2. The Hall–Kier alpha value is -3.03. The number of methoxy groups -OCH3 is 2. The lowest BCUT2D eigenvalue weighted by Crippen LogP contribution is -2.44. The van der Waals surface area contributed by atoms with Crippen LogP contribution in [0.25, 0.3) is 0 Å². The van der Waals surface area contributed by atoms with Gasteiger partial charge in [-0.15, -0.1) is 0 Å². The van der Waals surface area contributed by atoms with Crippen molar-refractivity contribution in [1.29, 1.82) is 0 Å². The third kappa shape index (κ3) is 4.53. The molecule has 2 N–H and O–H groups in total. The van der Waals surface area contributed by atoms with Crippen molar-refractivity contribution in [3.63, 3.8) is 0 Å². The molecule has 1 aromatic carbocycles. The molecular formula is C18H23N5O3. The summed E-state index contributed by atoms with van der Waals surface area (Å²) in [6.45, 7) is 1.35. The summed E-state index contributed by atoms with van der Waals surface area (Å²) in [4.78, 5) is 22.4. The normalized spacial score (nSPS) is 14.6. The van der Waals surface area contributed by atoms with E-state index in [4.69, 9.17) is 9.47 Å². The van der Waals surface area contributed by atoms with Gasteiger partial charge in [-0.1, -0.05) is 6.07 Å². The number of urea groups is 1. The second-order valence-electron chi connectivity index (χ2n) is 6.01. The Kier molecular flexibility index (Phi) is 5.73. The summed E-state index contributed by atoms with van der Waals surface area (Å²) < 4.78 is 10.3. The summed E-state index contributed by atoms with van der Waals surface area (Å²) in [7, 11) is 3.18. The van der Waals surface area contributed by atoms with Gasteiger partial charge in [-0.25, -0.2) is 14.8 Å². The lowest BCUT2D eigenvalue weighted by atomic mass is 10.1. The van der Waals surface area contributed by atoms with Crippen LogP contribution in [0.1, 0.15) is 12.8 Å². The molecule has 0 atom stereocenters. The number of hydrogen-bond acceptors (Lipinski definition) is 6. The Morgan fingerprint density at radius 2 is 1.96 bits per heavy atom. The Morgan fingerprint density at radius 3 is 2.69 bits per heavy atom. The SMILES string of the molecule is COc1cccc(NC(=O)N2CCC(Nc3cc(OC)ncn3)CC2)c1. The standard InChI is InChI=1S/C18H23N5O3/c1-25-15-5-3-4-14(10-15)22-18(24)23-8-6-13(7-9-23)21-16-11-17(26-2)20-12-19-16/h3-5,10-13H,6-9H2,1-2H3,(H,22,24)(H,19,20,21). The fraction of sp³-hybridized carbons (Fsp3) is 0.389. The molecule has 0 saturated carbocycles. The lowest BCUT2D eigenvalue weighted by Gasteiger charge is -2.32. The number of likely N-dealkylation sites (tertiary alicyclic amines) is 1. The van der Waals surface area contributed by atoms with E-state index in [1.54, 1.807) is 26.4 Å². The first-order valence-electron chi connectivity index (χ1n) is 8.50. The molecule has 1 aliphatic heterocycles. The van der Waals surface area contributed by atoms with Crippen LogP contribution in [-0.4, -0.2) is 54.2 Å². The Balaban J connectivity index is 1.50. The van der Waals surface area contributed by atoms with Crippen molar-refractivity contribution in [2.45, 2.75) is 18.9 Å². The molecule has 0 bridgehead atoms. The summed E-state index contributed by atoms with van der Waals surface area (Å²) in [6, 6.07) is 9.26. The Morgan fingerprint density at radius 1 is 1.15 bits per heavy atom. The van der Waals surface area contributed by atoms with Crippen LogP contribution < -0.4 is 20.1 Å². The number of aromatic nitrogens is 2.